The molecule has 4 heteroatoms. The normalized spacial score (nSPS) is 10.1. The van der Waals surface area contributed by atoms with Gasteiger partial charge in [0.25, 0.3) is 0 Å². The summed E-state index contributed by atoms with van der Waals surface area (Å²) in [6.07, 6.45) is 0.823. The Morgan fingerprint density at radius 3 is 2.87 bits per heavy atom. The van der Waals surface area contributed by atoms with Crippen molar-refractivity contribution in [1.29, 1.82) is 0 Å². The third-order valence-electron chi connectivity index (χ3n) is 2.06. The van der Waals surface area contributed by atoms with Crippen molar-refractivity contribution in [3.8, 4) is 5.75 Å². The van der Waals surface area contributed by atoms with E-state index < -0.39 is 0 Å². The van der Waals surface area contributed by atoms with E-state index in [2.05, 4.69) is 5.32 Å². The van der Waals surface area contributed by atoms with Crippen LogP contribution in [0.1, 0.15) is 11.1 Å². The van der Waals surface area contributed by atoms with Crippen LogP contribution in [0.2, 0.25) is 5.02 Å². The number of aryl methyl sites for hydroxylation is 1. The number of benzene rings is 1. The molecular weight excluding hydrogens is 214 g/mol. The predicted molar refractivity (Wildman–Crippen MR) is 60.5 cm³/mol. The summed E-state index contributed by atoms with van der Waals surface area (Å²) in [6, 6.07) is 3.69. The van der Waals surface area contributed by atoms with Crippen molar-refractivity contribution in [2.45, 2.75) is 13.5 Å². The number of carbonyl (C=O) groups is 1. The summed E-state index contributed by atoms with van der Waals surface area (Å²) in [5.41, 5.74) is 1.96. The smallest absolute Gasteiger partial charge is 0.133 e. The van der Waals surface area contributed by atoms with Crippen molar-refractivity contribution in [3.05, 3.63) is 28.3 Å². The maximum Gasteiger partial charge on any atom is 0.133 e. The van der Waals surface area contributed by atoms with Gasteiger partial charge in [0.1, 0.15) is 12.0 Å². The van der Waals surface area contributed by atoms with E-state index in [0.717, 1.165) is 23.2 Å². The Kier molecular flexibility index (Phi) is 4.59. The molecule has 1 rings (SSSR count). The standard InChI is InChI=1S/C11H14ClNO2/c1-8-5-10(12)6-9(11(8)15-2)7-13-3-4-14/h4-6,13H,3,7H2,1-2H3. The molecule has 1 aromatic rings. The lowest BCUT2D eigenvalue weighted by molar-refractivity contribution is -0.107. The van der Waals surface area contributed by atoms with Crippen LogP contribution in [0.5, 0.6) is 5.75 Å². The van der Waals surface area contributed by atoms with Crippen LogP contribution in [-0.2, 0) is 11.3 Å². The van der Waals surface area contributed by atoms with Crippen LogP contribution in [0.4, 0.5) is 0 Å². The van der Waals surface area contributed by atoms with Crippen LogP contribution in [0.3, 0.4) is 0 Å². The van der Waals surface area contributed by atoms with E-state index in [9.17, 15) is 4.79 Å². The lowest BCUT2D eigenvalue weighted by Gasteiger charge is -2.12. The first-order valence-electron chi connectivity index (χ1n) is 4.66. The Labute approximate surface area is 94.4 Å². The molecule has 1 aromatic carbocycles. The highest BCUT2D eigenvalue weighted by Crippen LogP contribution is 2.27. The van der Waals surface area contributed by atoms with Crippen LogP contribution >= 0.6 is 11.6 Å². The number of nitrogens with one attached hydrogen (secondary N) is 1. The molecule has 0 aliphatic carbocycles. The molecule has 0 fully saturated rings. The number of rotatable bonds is 5. The van der Waals surface area contributed by atoms with Gasteiger partial charge in [0, 0.05) is 17.1 Å². The van der Waals surface area contributed by atoms with E-state index >= 15 is 0 Å². The van der Waals surface area contributed by atoms with Gasteiger partial charge < -0.3 is 14.8 Å². The summed E-state index contributed by atoms with van der Waals surface area (Å²) >= 11 is 5.94. The lowest BCUT2D eigenvalue weighted by Crippen LogP contribution is -2.16. The molecule has 3 nitrogen and oxygen atoms in total. The topological polar surface area (TPSA) is 38.3 Å². The molecule has 0 unspecified atom stereocenters. The van der Waals surface area contributed by atoms with Crippen molar-refractivity contribution >= 4 is 17.9 Å². The highest BCUT2D eigenvalue weighted by Gasteiger charge is 2.07. The molecule has 0 saturated carbocycles. The zero-order valence-electron chi connectivity index (χ0n) is 8.84. The summed E-state index contributed by atoms with van der Waals surface area (Å²) in [5, 5.41) is 3.65. The van der Waals surface area contributed by atoms with Crippen LogP contribution < -0.4 is 10.1 Å². The molecule has 82 valence electrons. The molecule has 0 atom stereocenters. The number of methoxy groups -OCH3 is 1. The molecule has 0 amide bonds. The minimum atomic E-state index is 0.328. The number of aldehydes is 1. The fourth-order valence-corrected chi connectivity index (χ4v) is 1.78. The summed E-state index contributed by atoms with van der Waals surface area (Å²) in [6.45, 7) is 2.84. The highest BCUT2D eigenvalue weighted by atomic mass is 35.5. The van der Waals surface area contributed by atoms with Gasteiger partial charge in [-0.05, 0) is 24.6 Å². The average molecular weight is 228 g/mol. The lowest BCUT2D eigenvalue weighted by atomic mass is 10.1. The quantitative estimate of drug-likeness (QED) is 0.617. The highest BCUT2D eigenvalue weighted by molar-refractivity contribution is 6.30. The maximum atomic E-state index is 10.2. The number of halogens is 1. The van der Waals surface area contributed by atoms with E-state index in [1.807, 2.05) is 19.1 Å². The zero-order valence-corrected chi connectivity index (χ0v) is 9.60. The minimum Gasteiger partial charge on any atom is -0.496 e. The average Bonchev–Trinajstić information content (AvgIpc) is 2.17. The van der Waals surface area contributed by atoms with Gasteiger partial charge in [-0.25, -0.2) is 0 Å². The number of hydrogen-bond acceptors (Lipinski definition) is 3. The first kappa shape index (κ1) is 12.0. The van der Waals surface area contributed by atoms with Crippen molar-refractivity contribution in [3.63, 3.8) is 0 Å². The first-order valence-corrected chi connectivity index (χ1v) is 5.04. The molecule has 15 heavy (non-hydrogen) atoms. The van der Waals surface area contributed by atoms with Gasteiger partial charge in [-0.1, -0.05) is 11.6 Å². The van der Waals surface area contributed by atoms with E-state index in [4.69, 9.17) is 16.3 Å². The van der Waals surface area contributed by atoms with Crippen molar-refractivity contribution in [1.82, 2.24) is 5.32 Å². The van der Waals surface area contributed by atoms with Crippen LogP contribution in [0.15, 0.2) is 12.1 Å². The molecule has 0 aliphatic heterocycles. The third kappa shape index (κ3) is 3.22. The van der Waals surface area contributed by atoms with Gasteiger partial charge in [-0.15, -0.1) is 0 Å². The molecule has 0 radical (unpaired) electrons. The fourth-order valence-electron chi connectivity index (χ4n) is 1.49. The molecule has 0 aromatic heterocycles. The Bertz CT molecular complexity index is 353. The van der Waals surface area contributed by atoms with Crippen molar-refractivity contribution in [2.75, 3.05) is 13.7 Å². The maximum absolute atomic E-state index is 10.2. The van der Waals surface area contributed by atoms with E-state index in [1.54, 1.807) is 7.11 Å². The third-order valence-corrected chi connectivity index (χ3v) is 2.28. The molecule has 0 heterocycles. The Hall–Kier alpha value is -1.06. The van der Waals surface area contributed by atoms with Crippen LogP contribution in [-0.4, -0.2) is 19.9 Å². The first-order chi connectivity index (χ1) is 7.19. The second kappa shape index (κ2) is 5.73. The predicted octanol–water partition coefficient (Wildman–Crippen LogP) is 1.95. The Morgan fingerprint density at radius 2 is 2.27 bits per heavy atom. The van der Waals surface area contributed by atoms with Crippen molar-refractivity contribution in [2.24, 2.45) is 0 Å². The van der Waals surface area contributed by atoms with Gasteiger partial charge in [-0.2, -0.15) is 0 Å². The van der Waals surface area contributed by atoms with Gasteiger partial charge in [0.15, 0.2) is 0 Å². The number of carbonyl (C=O) groups excluding carboxylic acids is 1. The second-order valence-corrected chi connectivity index (χ2v) is 3.65. The summed E-state index contributed by atoms with van der Waals surface area (Å²) < 4.78 is 5.27. The monoisotopic (exact) mass is 227 g/mol. The van der Waals surface area contributed by atoms with Gasteiger partial charge in [0.05, 0.1) is 13.7 Å². The summed E-state index contributed by atoms with van der Waals surface area (Å²) in [4.78, 5) is 10.2. The Morgan fingerprint density at radius 1 is 1.53 bits per heavy atom. The van der Waals surface area contributed by atoms with Gasteiger partial charge >= 0.3 is 0 Å². The fraction of sp³-hybridized carbons (Fsp3) is 0.364. The van der Waals surface area contributed by atoms with E-state index in [0.29, 0.717) is 18.1 Å². The summed E-state index contributed by atoms with van der Waals surface area (Å²) in [7, 11) is 1.62. The molecule has 0 spiro atoms. The van der Waals surface area contributed by atoms with Crippen molar-refractivity contribution < 1.29 is 9.53 Å². The minimum absolute atomic E-state index is 0.328. The van der Waals surface area contributed by atoms with Crippen LogP contribution in [0, 0.1) is 6.92 Å². The SMILES string of the molecule is COc1c(C)cc(Cl)cc1CNCC=O. The Balaban J connectivity index is 2.88. The molecular formula is C11H14ClNO2. The largest absolute Gasteiger partial charge is 0.496 e. The van der Waals surface area contributed by atoms with Gasteiger partial charge in [-0.3, -0.25) is 0 Å². The molecule has 0 aliphatic rings. The second-order valence-electron chi connectivity index (χ2n) is 3.21. The van der Waals surface area contributed by atoms with Gasteiger partial charge in [0.2, 0.25) is 0 Å². The summed E-state index contributed by atoms with van der Waals surface area (Å²) in [5.74, 6) is 0.817. The number of ether oxygens (including phenoxy) is 1. The van der Waals surface area contributed by atoms with Crippen LogP contribution in [0.25, 0.3) is 0 Å². The molecule has 0 bridgehead atoms. The van der Waals surface area contributed by atoms with E-state index in [-0.39, 0.29) is 0 Å². The number of hydrogen-bond donors (Lipinski definition) is 1. The zero-order chi connectivity index (χ0) is 11.3. The molecule has 1 N–H and O–H groups in total. The molecule has 0 saturated heterocycles. The van der Waals surface area contributed by atoms with E-state index in [1.165, 1.54) is 0 Å².